The number of thioether (sulfide) groups is 1. The number of aliphatic hydroxyl groups excluding tert-OH is 1. The van der Waals surface area contributed by atoms with E-state index in [1.807, 2.05) is 17.8 Å². The van der Waals surface area contributed by atoms with Crippen molar-refractivity contribution < 1.29 is 14.6 Å². The van der Waals surface area contributed by atoms with Crippen molar-refractivity contribution in [2.24, 2.45) is 0 Å². The van der Waals surface area contributed by atoms with Crippen LogP contribution in [0.5, 0.6) is 11.5 Å². The number of rotatable bonds is 8. The zero-order chi connectivity index (χ0) is 19.1. The third-order valence-corrected chi connectivity index (χ3v) is 6.10. The largest absolute Gasteiger partial charge is 0.493 e. The molecule has 2 aliphatic rings. The molecule has 150 valence electrons. The van der Waals surface area contributed by atoms with Gasteiger partial charge in [-0.25, -0.2) is 0 Å². The quantitative estimate of drug-likeness (QED) is 0.686. The van der Waals surface area contributed by atoms with Crippen LogP contribution >= 0.6 is 11.8 Å². The number of ether oxygens (including phenoxy) is 2. The predicted octanol–water partition coefficient (Wildman–Crippen LogP) is 2.64. The van der Waals surface area contributed by atoms with Crippen LogP contribution in [0.15, 0.2) is 29.8 Å². The van der Waals surface area contributed by atoms with Crippen molar-refractivity contribution in [1.82, 2.24) is 9.80 Å². The summed E-state index contributed by atoms with van der Waals surface area (Å²) in [6.45, 7) is 8.27. The molecule has 0 aliphatic carbocycles. The molecule has 1 aromatic rings. The normalized spacial score (nSPS) is 20.2. The molecule has 0 saturated carbocycles. The molecule has 1 fully saturated rings. The van der Waals surface area contributed by atoms with Crippen LogP contribution < -0.4 is 9.47 Å². The highest BCUT2D eigenvalue weighted by Crippen LogP contribution is 2.29. The second-order valence-corrected chi connectivity index (χ2v) is 8.62. The van der Waals surface area contributed by atoms with Gasteiger partial charge in [0.25, 0.3) is 0 Å². The van der Waals surface area contributed by atoms with Crippen LogP contribution in [0.25, 0.3) is 0 Å². The molecular formula is C21H32N2O3S. The summed E-state index contributed by atoms with van der Waals surface area (Å²) in [4.78, 5) is 4.74. The van der Waals surface area contributed by atoms with E-state index in [4.69, 9.17) is 9.47 Å². The van der Waals surface area contributed by atoms with Crippen LogP contribution in [0.1, 0.15) is 18.9 Å². The van der Waals surface area contributed by atoms with Gasteiger partial charge in [-0.2, -0.15) is 11.8 Å². The van der Waals surface area contributed by atoms with Crippen LogP contribution in [0.3, 0.4) is 0 Å². The van der Waals surface area contributed by atoms with Gasteiger partial charge in [0.1, 0.15) is 12.7 Å². The van der Waals surface area contributed by atoms with Gasteiger partial charge in [0, 0.05) is 50.8 Å². The van der Waals surface area contributed by atoms with Gasteiger partial charge in [-0.05, 0) is 31.0 Å². The molecule has 0 radical (unpaired) electrons. The van der Waals surface area contributed by atoms with E-state index in [1.54, 1.807) is 7.11 Å². The van der Waals surface area contributed by atoms with Gasteiger partial charge in [0.15, 0.2) is 11.5 Å². The number of β-amino-alcohol motifs (C(OH)–C–C–N with tert-alkyl or cyclic N) is 1. The lowest BCUT2D eigenvalue weighted by atomic mass is 10.1. The van der Waals surface area contributed by atoms with E-state index in [9.17, 15) is 5.11 Å². The number of aliphatic hydroxyl groups is 1. The van der Waals surface area contributed by atoms with Crippen LogP contribution in [-0.4, -0.2) is 79.0 Å². The van der Waals surface area contributed by atoms with Gasteiger partial charge in [-0.3, -0.25) is 9.80 Å². The predicted molar refractivity (Wildman–Crippen MR) is 112 cm³/mol. The molecule has 27 heavy (non-hydrogen) atoms. The summed E-state index contributed by atoms with van der Waals surface area (Å²) in [5.74, 6) is 3.73. The second kappa shape index (κ2) is 10.4. The Hall–Kier alpha value is -1.21. The van der Waals surface area contributed by atoms with Gasteiger partial charge in [-0.1, -0.05) is 17.7 Å². The lowest BCUT2D eigenvalue weighted by Gasteiger charge is -2.28. The Bertz CT molecular complexity index is 632. The topological polar surface area (TPSA) is 45.2 Å². The Morgan fingerprint density at radius 3 is 2.67 bits per heavy atom. The van der Waals surface area contributed by atoms with Crippen LogP contribution in [0.2, 0.25) is 0 Å². The SMILES string of the molecule is COc1cc(CN2CC=C(C)CC2)ccc1OC[C@H](O)CN1CCSCC1. The van der Waals surface area contributed by atoms with E-state index in [2.05, 4.69) is 34.9 Å². The number of hydrogen-bond donors (Lipinski definition) is 1. The summed E-state index contributed by atoms with van der Waals surface area (Å²) in [5.41, 5.74) is 2.70. The first-order chi connectivity index (χ1) is 13.1. The highest BCUT2D eigenvalue weighted by atomic mass is 32.2. The van der Waals surface area contributed by atoms with E-state index in [0.29, 0.717) is 12.3 Å². The standard InChI is InChI=1S/C21H32N2O3S/c1-17-5-7-22(8-6-17)14-18-3-4-20(21(13-18)25-2)26-16-19(24)15-23-9-11-27-12-10-23/h3-5,13,19,24H,6-12,14-16H2,1-2H3/t19-/m1/s1. The fraction of sp³-hybridized carbons (Fsp3) is 0.619. The highest BCUT2D eigenvalue weighted by molar-refractivity contribution is 7.99. The molecule has 6 heteroatoms. The van der Waals surface area contributed by atoms with E-state index < -0.39 is 6.10 Å². The molecule has 1 atom stereocenters. The van der Waals surface area contributed by atoms with Gasteiger partial charge >= 0.3 is 0 Å². The second-order valence-electron chi connectivity index (χ2n) is 7.40. The number of hydrogen-bond acceptors (Lipinski definition) is 6. The molecule has 5 nitrogen and oxygen atoms in total. The summed E-state index contributed by atoms with van der Waals surface area (Å²) in [7, 11) is 1.67. The van der Waals surface area contributed by atoms with Gasteiger partial charge < -0.3 is 14.6 Å². The van der Waals surface area contributed by atoms with Crippen molar-refractivity contribution in [1.29, 1.82) is 0 Å². The molecule has 0 spiro atoms. The van der Waals surface area contributed by atoms with E-state index in [0.717, 1.165) is 56.4 Å². The maximum absolute atomic E-state index is 10.3. The molecule has 1 aromatic carbocycles. The van der Waals surface area contributed by atoms with Crippen LogP contribution in [-0.2, 0) is 6.54 Å². The first kappa shape index (κ1) is 20.5. The molecule has 0 unspecified atom stereocenters. The molecule has 0 aromatic heterocycles. The maximum Gasteiger partial charge on any atom is 0.161 e. The summed E-state index contributed by atoms with van der Waals surface area (Å²) < 4.78 is 11.4. The minimum Gasteiger partial charge on any atom is -0.493 e. The van der Waals surface area contributed by atoms with Crippen molar-refractivity contribution in [3.8, 4) is 11.5 Å². The monoisotopic (exact) mass is 392 g/mol. The van der Waals surface area contributed by atoms with Gasteiger partial charge in [0.05, 0.1) is 7.11 Å². The minimum absolute atomic E-state index is 0.287. The molecular weight excluding hydrogens is 360 g/mol. The Balaban J connectivity index is 1.51. The molecule has 1 N–H and O–H groups in total. The zero-order valence-electron chi connectivity index (χ0n) is 16.5. The number of benzene rings is 1. The van der Waals surface area contributed by atoms with Crippen molar-refractivity contribution in [3.63, 3.8) is 0 Å². The first-order valence-corrected chi connectivity index (χ1v) is 11.0. The van der Waals surface area contributed by atoms with Crippen molar-refractivity contribution in [3.05, 3.63) is 35.4 Å². The molecule has 2 aliphatic heterocycles. The Morgan fingerprint density at radius 2 is 1.96 bits per heavy atom. The van der Waals surface area contributed by atoms with E-state index >= 15 is 0 Å². The third kappa shape index (κ3) is 6.42. The van der Waals surface area contributed by atoms with Gasteiger partial charge in [0.2, 0.25) is 0 Å². The highest BCUT2D eigenvalue weighted by Gasteiger charge is 2.17. The van der Waals surface area contributed by atoms with E-state index in [1.165, 1.54) is 11.1 Å². The summed E-state index contributed by atoms with van der Waals surface area (Å²) >= 11 is 1.98. The Morgan fingerprint density at radius 1 is 1.15 bits per heavy atom. The summed E-state index contributed by atoms with van der Waals surface area (Å²) in [5, 5.41) is 10.3. The molecule has 3 rings (SSSR count). The van der Waals surface area contributed by atoms with Crippen LogP contribution in [0.4, 0.5) is 0 Å². The van der Waals surface area contributed by atoms with Crippen molar-refractivity contribution in [2.75, 3.05) is 57.9 Å². The van der Waals surface area contributed by atoms with Crippen LogP contribution in [0, 0.1) is 0 Å². The first-order valence-electron chi connectivity index (χ1n) is 9.80. The van der Waals surface area contributed by atoms with Crippen molar-refractivity contribution >= 4 is 11.8 Å². The summed E-state index contributed by atoms with van der Waals surface area (Å²) in [6, 6.07) is 6.11. The molecule has 2 heterocycles. The Labute approximate surface area is 167 Å². The maximum atomic E-state index is 10.3. The minimum atomic E-state index is -0.485. The number of methoxy groups -OCH3 is 1. The van der Waals surface area contributed by atoms with Gasteiger partial charge in [-0.15, -0.1) is 0 Å². The third-order valence-electron chi connectivity index (χ3n) is 5.16. The average Bonchev–Trinajstić information content (AvgIpc) is 2.69. The lowest BCUT2D eigenvalue weighted by Crippen LogP contribution is -2.40. The van der Waals surface area contributed by atoms with Crippen molar-refractivity contribution in [2.45, 2.75) is 26.0 Å². The fourth-order valence-corrected chi connectivity index (χ4v) is 4.44. The lowest BCUT2D eigenvalue weighted by molar-refractivity contribution is 0.0704. The Kier molecular flexibility index (Phi) is 7.88. The molecule has 1 saturated heterocycles. The molecule has 0 amide bonds. The number of nitrogens with zero attached hydrogens (tertiary/aromatic N) is 2. The smallest absolute Gasteiger partial charge is 0.161 e. The summed E-state index contributed by atoms with van der Waals surface area (Å²) in [6.07, 6.45) is 2.97. The average molecular weight is 393 g/mol. The van der Waals surface area contributed by atoms with E-state index in [-0.39, 0.29) is 6.61 Å². The fourth-order valence-electron chi connectivity index (χ4n) is 3.46. The molecule has 0 bridgehead atoms. The zero-order valence-corrected chi connectivity index (χ0v) is 17.3.